The largest absolute Gasteiger partial charge is 0.480 e. The van der Waals surface area contributed by atoms with E-state index in [2.05, 4.69) is 10.6 Å². The highest BCUT2D eigenvalue weighted by atomic mass is 16.7. The van der Waals surface area contributed by atoms with Crippen molar-refractivity contribution in [2.24, 2.45) is 0 Å². The van der Waals surface area contributed by atoms with Gasteiger partial charge in [-0.05, 0) is 19.4 Å². The normalized spacial score (nSPS) is 33.7. The smallest absolute Gasteiger partial charge is 0.364 e. The maximum atomic E-state index is 11.1. The highest BCUT2D eigenvalue weighted by Crippen LogP contribution is 2.30. The van der Waals surface area contributed by atoms with Crippen LogP contribution in [0.5, 0.6) is 0 Å². The summed E-state index contributed by atoms with van der Waals surface area (Å²) in [5.41, 5.74) is 0. The van der Waals surface area contributed by atoms with Crippen LogP contribution in [0.1, 0.15) is 26.2 Å². The van der Waals surface area contributed by atoms with Crippen LogP contribution in [-0.4, -0.2) is 109 Å². The summed E-state index contributed by atoms with van der Waals surface area (Å²) in [6.07, 6.45) is -5.70. The quantitative estimate of drug-likeness (QED) is 0.198. The molecule has 0 aromatic heterocycles. The van der Waals surface area contributed by atoms with Crippen molar-refractivity contribution in [2.45, 2.75) is 68.5 Å². The maximum Gasteiger partial charge on any atom is 0.364 e. The predicted octanol–water partition coefficient (Wildman–Crippen LogP) is -4.05. The number of aliphatic carboxylic acids is 2. The molecule has 9 N–H and O–H groups in total. The van der Waals surface area contributed by atoms with Gasteiger partial charge in [-0.3, -0.25) is 9.59 Å². The van der Waals surface area contributed by atoms with E-state index in [1.807, 2.05) is 0 Å². The van der Waals surface area contributed by atoms with E-state index >= 15 is 0 Å². The molecule has 2 saturated heterocycles. The second kappa shape index (κ2) is 10.8. The van der Waals surface area contributed by atoms with Crippen LogP contribution in [0.4, 0.5) is 0 Å². The van der Waals surface area contributed by atoms with Gasteiger partial charge in [0.2, 0.25) is 5.91 Å². The number of carboxylic acids is 2. The first kappa shape index (κ1) is 25.2. The molecular formula is C16H28N2O11. The lowest BCUT2D eigenvalue weighted by Gasteiger charge is -2.44. The molecule has 13 nitrogen and oxygen atoms in total. The van der Waals surface area contributed by atoms with E-state index in [4.69, 9.17) is 20.1 Å². The Morgan fingerprint density at radius 1 is 1.28 bits per heavy atom. The number of hydrogen-bond donors (Lipinski definition) is 9. The molecule has 0 bridgehead atoms. The Labute approximate surface area is 165 Å². The molecule has 2 heterocycles. The molecule has 2 aliphatic heterocycles. The molecule has 0 saturated carbocycles. The maximum absolute atomic E-state index is 11.1. The predicted molar refractivity (Wildman–Crippen MR) is 93.4 cm³/mol. The van der Waals surface area contributed by atoms with E-state index in [-0.39, 0.29) is 6.04 Å². The van der Waals surface area contributed by atoms with Crippen LogP contribution in [-0.2, 0) is 19.1 Å². The zero-order valence-corrected chi connectivity index (χ0v) is 15.8. The van der Waals surface area contributed by atoms with Crippen molar-refractivity contribution >= 4 is 17.8 Å². The molecule has 0 aliphatic carbocycles. The standard InChI is InChI=1S/C11H19NO9.C5H9NO2/c1-4(14)12-7-5(15)2-11(20,10(18)19)21-9(7)8(17)6(16)3-13;7-5(8)4-2-1-3-6-4/h5-9,13,15-17,20H,2-3H2,1H3,(H,12,14)(H,18,19);4,6H,1-3H2,(H,7,8)/t5-,6?,7+,8?,9+,11?;4-/m00/s1. The molecule has 7 atom stereocenters. The zero-order valence-electron chi connectivity index (χ0n) is 15.8. The SMILES string of the molecule is CC(=O)N[C@@H]1[C@@H](O)CC(O)(C(=O)O)O[C@H]1C(O)C(O)CO.O=C(O)[C@@H]1CCCN1. The lowest BCUT2D eigenvalue weighted by Crippen LogP contribution is -2.67. The zero-order chi connectivity index (χ0) is 22.4. The van der Waals surface area contributed by atoms with Crippen LogP contribution >= 0.6 is 0 Å². The van der Waals surface area contributed by atoms with Gasteiger partial charge in [-0.15, -0.1) is 0 Å². The molecule has 13 heteroatoms. The van der Waals surface area contributed by atoms with Gasteiger partial charge >= 0.3 is 11.9 Å². The van der Waals surface area contributed by atoms with E-state index in [0.29, 0.717) is 0 Å². The number of aliphatic hydroxyl groups is 5. The van der Waals surface area contributed by atoms with E-state index in [0.717, 1.165) is 26.3 Å². The lowest BCUT2D eigenvalue weighted by atomic mass is 9.88. The van der Waals surface area contributed by atoms with Crippen LogP contribution in [0.3, 0.4) is 0 Å². The third-order valence-electron chi connectivity index (χ3n) is 4.57. The van der Waals surface area contributed by atoms with Gasteiger partial charge in [0.15, 0.2) is 0 Å². The number of carbonyl (C=O) groups excluding carboxylic acids is 1. The summed E-state index contributed by atoms with van der Waals surface area (Å²) < 4.78 is 4.86. The Morgan fingerprint density at radius 3 is 2.28 bits per heavy atom. The van der Waals surface area contributed by atoms with Gasteiger partial charge in [0.05, 0.1) is 18.8 Å². The number of carboxylic acid groups (broad SMARTS) is 2. The van der Waals surface area contributed by atoms with Crippen molar-refractivity contribution in [3.8, 4) is 0 Å². The second-order valence-electron chi connectivity index (χ2n) is 6.90. The van der Waals surface area contributed by atoms with Gasteiger partial charge in [0, 0.05) is 13.3 Å². The summed E-state index contributed by atoms with van der Waals surface area (Å²) >= 11 is 0. The Bertz CT molecular complexity index is 583. The summed E-state index contributed by atoms with van der Waals surface area (Å²) in [5.74, 6) is -5.89. The monoisotopic (exact) mass is 424 g/mol. The summed E-state index contributed by atoms with van der Waals surface area (Å²) in [6.45, 7) is 1.11. The molecule has 0 spiro atoms. The van der Waals surface area contributed by atoms with Gasteiger partial charge in [0.1, 0.15) is 24.4 Å². The third-order valence-corrected chi connectivity index (χ3v) is 4.57. The van der Waals surface area contributed by atoms with Crippen LogP contribution in [0, 0.1) is 0 Å². The number of carbonyl (C=O) groups is 3. The molecule has 3 unspecified atom stereocenters. The number of amides is 1. The summed E-state index contributed by atoms with van der Waals surface area (Å²) in [7, 11) is 0. The molecule has 1 amide bonds. The van der Waals surface area contributed by atoms with Crippen molar-refractivity contribution in [2.75, 3.05) is 13.2 Å². The molecule has 2 aliphatic rings. The summed E-state index contributed by atoms with van der Waals surface area (Å²) in [5, 5.41) is 70.2. The third kappa shape index (κ3) is 6.85. The highest BCUT2D eigenvalue weighted by molar-refractivity contribution is 5.76. The molecule has 0 aromatic carbocycles. The number of hydrogen-bond acceptors (Lipinski definition) is 10. The molecular weight excluding hydrogens is 396 g/mol. The molecule has 2 fully saturated rings. The van der Waals surface area contributed by atoms with Crippen LogP contribution in [0.15, 0.2) is 0 Å². The first-order valence-electron chi connectivity index (χ1n) is 8.95. The van der Waals surface area contributed by atoms with Gasteiger partial charge in [-0.1, -0.05) is 0 Å². The fraction of sp³-hybridized carbons (Fsp3) is 0.812. The molecule has 29 heavy (non-hydrogen) atoms. The van der Waals surface area contributed by atoms with E-state index < -0.39 is 67.1 Å². The Morgan fingerprint density at radius 2 is 1.90 bits per heavy atom. The Hall–Kier alpha value is -1.87. The van der Waals surface area contributed by atoms with E-state index in [1.54, 1.807) is 0 Å². The van der Waals surface area contributed by atoms with Crippen LogP contribution < -0.4 is 10.6 Å². The van der Waals surface area contributed by atoms with Crippen molar-refractivity contribution in [3.63, 3.8) is 0 Å². The fourth-order valence-electron chi connectivity index (χ4n) is 3.03. The van der Waals surface area contributed by atoms with Crippen molar-refractivity contribution in [1.82, 2.24) is 10.6 Å². The minimum atomic E-state index is -2.78. The lowest BCUT2D eigenvalue weighted by molar-refractivity contribution is -0.295. The average molecular weight is 424 g/mol. The van der Waals surface area contributed by atoms with E-state index in [1.165, 1.54) is 0 Å². The first-order valence-corrected chi connectivity index (χ1v) is 8.95. The first-order chi connectivity index (χ1) is 13.4. The number of rotatable bonds is 6. The van der Waals surface area contributed by atoms with Gasteiger partial charge < -0.3 is 51.1 Å². The van der Waals surface area contributed by atoms with Crippen LogP contribution in [0.2, 0.25) is 0 Å². The minimum Gasteiger partial charge on any atom is -0.480 e. The summed E-state index contributed by atoms with van der Waals surface area (Å²) in [4.78, 5) is 32.2. The second-order valence-corrected chi connectivity index (χ2v) is 6.90. The topological polar surface area (TPSA) is 226 Å². The van der Waals surface area contributed by atoms with E-state index in [9.17, 15) is 34.8 Å². The Kier molecular flexibility index (Phi) is 9.35. The summed E-state index contributed by atoms with van der Waals surface area (Å²) in [6, 6.07) is -1.53. The number of nitrogens with one attached hydrogen (secondary N) is 2. The Balaban J connectivity index is 0.000000436. The van der Waals surface area contributed by atoms with Crippen LogP contribution in [0.25, 0.3) is 0 Å². The molecule has 0 aromatic rings. The minimum absolute atomic E-state index is 0.269. The molecule has 168 valence electrons. The fourth-order valence-corrected chi connectivity index (χ4v) is 3.03. The van der Waals surface area contributed by atoms with Gasteiger partial charge in [-0.25, -0.2) is 4.79 Å². The van der Waals surface area contributed by atoms with Crippen molar-refractivity contribution in [3.05, 3.63) is 0 Å². The van der Waals surface area contributed by atoms with Gasteiger partial charge in [0.25, 0.3) is 5.79 Å². The molecule has 2 rings (SSSR count). The van der Waals surface area contributed by atoms with Crippen molar-refractivity contribution in [1.29, 1.82) is 0 Å². The van der Waals surface area contributed by atoms with Gasteiger partial charge in [-0.2, -0.15) is 0 Å². The molecule has 0 radical (unpaired) electrons. The number of aliphatic hydroxyl groups excluding tert-OH is 4. The average Bonchev–Trinajstić information content (AvgIpc) is 3.17. The highest BCUT2D eigenvalue weighted by Gasteiger charge is 2.53. The number of ether oxygens (including phenoxy) is 1. The van der Waals surface area contributed by atoms with Crippen molar-refractivity contribution < 1.29 is 54.9 Å².